The van der Waals surface area contributed by atoms with E-state index < -0.39 is 0 Å². The van der Waals surface area contributed by atoms with Crippen LogP contribution in [0.3, 0.4) is 0 Å². The molecule has 9 aromatic rings. The van der Waals surface area contributed by atoms with Crippen molar-refractivity contribution in [2.24, 2.45) is 0 Å². The third-order valence-corrected chi connectivity index (χ3v) is 9.93. The van der Waals surface area contributed by atoms with Crippen LogP contribution in [0.4, 0.5) is 0 Å². The molecule has 4 heterocycles. The van der Waals surface area contributed by atoms with E-state index in [9.17, 15) is 0 Å². The summed E-state index contributed by atoms with van der Waals surface area (Å²) in [4.78, 5) is 14.5. The van der Waals surface area contributed by atoms with Gasteiger partial charge in [-0.15, -0.1) is 0 Å². The Morgan fingerprint density at radius 3 is 2.06 bits per heavy atom. The molecule has 0 unspecified atom stereocenters. The first-order valence-corrected chi connectivity index (χ1v) is 15.9. The van der Waals surface area contributed by atoms with Gasteiger partial charge < -0.3 is 4.42 Å². The number of hydrogen-bond donors (Lipinski definition) is 0. The number of imidazole rings is 1. The van der Waals surface area contributed by atoms with E-state index in [0.717, 1.165) is 49.9 Å². The molecule has 1 aliphatic rings. The van der Waals surface area contributed by atoms with Gasteiger partial charge in [0.2, 0.25) is 0 Å². The fourth-order valence-corrected chi connectivity index (χ4v) is 7.52. The van der Waals surface area contributed by atoms with Crippen LogP contribution in [-0.4, -0.2) is 19.4 Å². The van der Waals surface area contributed by atoms with Crippen molar-refractivity contribution in [2.45, 2.75) is 19.3 Å². The Labute approximate surface area is 270 Å². The van der Waals surface area contributed by atoms with Crippen molar-refractivity contribution in [3.8, 4) is 44.6 Å². The van der Waals surface area contributed by atoms with E-state index >= 15 is 0 Å². The monoisotopic (exact) mass is 604 g/mol. The van der Waals surface area contributed by atoms with Gasteiger partial charge in [0.1, 0.15) is 11.0 Å². The number of oxazole rings is 1. The van der Waals surface area contributed by atoms with Crippen LogP contribution < -0.4 is 0 Å². The van der Waals surface area contributed by atoms with Gasteiger partial charge in [0.05, 0.1) is 16.7 Å². The molecule has 1 aliphatic carbocycles. The van der Waals surface area contributed by atoms with Gasteiger partial charge in [-0.2, -0.15) is 4.98 Å². The minimum atomic E-state index is -0.125. The first-order valence-electron chi connectivity index (χ1n) is 15.9. The van der Waals surface area contributed by atoms with Gasteiger partial charge in [-0.1, -0.05) is 98.8 Å². The number of rotatable bonds is 3. The van der Waals surface area contributed by atoms with Crippen LogP contribution in [0.5, 0.6) is 0 Å². The van der Waals surface area contributed by atoms with Crippen molar-refractivity contribution in [3.63, 3.8) is 0 Å². The average molecular weight is 605 g/mol. The molecular formula is C42H28N4O. The fraction of sp³-hybridized carbons (Fsp3) is 0.0714. The lowest BCUT2D eigenvalue weighted by Crippen LogP contribution is -2.15. The molecule has 0 radical (unpaired) electrons. The van der Waals surface area contributed by atoms with Crippen LogP contribution in [0.2, 0.25) is 0 Å². The summed E-state index contributed by atoms with van der Waals surface area (Å²) in [5.41, 5.74) is 16.4. The molecule has 0 aliphatic heterocycles. The average Bonchev–Trinajstić information content (AvgIpc) is 3.74. The van der Waals surface area contributed by atoms with Gasteiger partial charge in [0.15, 0.2) is 5.58 Å². The van der Waals surface area contributed by atoms with Crippen LogP contribution in [0.15, 0.2) is 138 Å². The van der Waals surface area contributed by atoms with Crippen LogP contribution in [0.1, 0.15) is 25.0 Å². The molecule has 0 fully saturated rings. The molecule has 0 atom stereocenters. The molecule has 0 saturated carbocycles. The zero-order valence-electron chi connectivity index (χ0n) is 25.9. The Morgan fingerprint density at radius 2 is 1.30 bits per heavy atom. The highest BCUT2D eigenvalue weighted by molar-refractivity contribution is 6.10. The summed E-state index contributed by atoms with van der Waals surface area (Å²) in [5.74, 6) is 0.575. The molecule has 10 rings (SSSR count). The third-order valence-electron chi connectivity index (χ3n) is 9.93. The summed E-state index contributed by atoms with van der Waals surface area (Å²) in [5, 5.41) is 1.01. The van der Waals surface area contributed by atoms with Crippen molar-refractivity contribution >= 4 is 38.9 Å². The number of nitrogens with zero attached hydrogens (tertiary/aromatic N) is 4. The van der Waals surface area contributed by atoms with E-state index in [1.54, 1.807) is 0 Å². The molecule has 47 heavy (non-hydrogen) atoms. The van der Waals surface area contributed by atoms with E-state index in [4.69, 9.17) is 14.4 Å². The summed E-state index contributed by atoms with van der Waals surface area (Å²) < 4.78 is 8.29. The van der Waals surface area contributed by atoms with E-state index in [-0.39, 0.29) is 5.41 Å². The topological polar surface area (TPSA) is 56.2 Å². The molecule has 5 aromatic carbocycles. The second kappa shape index (κ2) is 9.47. The molecule has 5 heteroatoms. The first kappa shape index (κ1) is 26.2. The molecule has 0 saturated heterocycles. The van der Waals surface area contributed by atoms with E-state index in [2.05, 4.69) is 108 Å². The summed E-state index contributed by atoms with van der Waals surface area (Å²) in [6, 6.07) is 42.9. The number of hydrogen-bond acceptors (Lipinski definition) is 4. The second-order valence-electron chi connectivity index (χ2n) is 12.9. The highest BCUT2D eigenvalue weighted by Gasteiger charge is 2.36. The lowest BCUT2D eigenvalue weighted by atomic mass is 9.81. The van der Waals surface area contributed by atoms with Crippen molar-refractivity contribution in [1.82, 2.24) is 19.4 Å². The number of fused-ring (bicyclic) bond motifs is 10. The maximum Gasteiger partial charge on any atom is 0.307 e. The highest BCUT2D eigenvalue weighted by Crippen LogP contribution is 2.50. The first-order chi connectivity index (χ1) is 23.0. The van der Waals surface area contributed by atoms with Gasteiger partial charge in [-0.05, 0) is 80.9 Å². The maximum atomic E-state index is 6.18. The Kier molecular flexibility index (Phi) is 5.28. The third kappa shape index (κ3) is 3.74. The van der Waals surface area contributed by atoms with Crippen molar-refractivity contribution in [3.05, 3.63) is 145 Å². The normalized spacial score (nSPS) is 13.5. The highest BCUT2D eigenvalue weighted by atomic mass is 16.4. The van der Waals surface area contributed by atoms with Crippen molar-refractivity contribution in [2.75, 3.05) is 0 Å². The van der Waals surface area contributed by atoms with Crippen molar-refractivity contribution in [1.29, 1.82) is 0 Å². The molecule has 0 spiro atoms. The van der Waals surface area contributed by atoms with Gasteiger partial charge in [-0.25, -0.2) is 4.98 Å². The Balaban J connectivity index is 1.08. The van der Waals surface area contributed by atoms with E-state index in [0.29, 0.717) is 5.84 Å². The predicted octanol–water partition coefficient (Wildman–Crippen LogP) is 10.5. The molecular weight excluding hydrogens is 576 g/mol. The zero-order valence-corrected chi connectivity index (χ0v) is 25.9. The lowest BCUT2D eigenvalue weighted by molar-refractivity contribution is 0.643. The second-order valence-corrected chi connectivity index (χ2v) is 12.9. The number of aromatic nitrogens is 4. The standard InChI is InChI=1S/C42H28N4O/c1-42(2)33-22-27(17-19-30(33)31-20-18-28(23-34(31)42)29-8-7-21-43-24-29)25-13-15-26(16-14-25)38-40-39(32-9-3-4-10-35(32)44-38)45-41-46(40)36-11-5-6-12-37(36)47-41/h3-24H,1-2H3. The smallest absolute Gasteiger partial charge is 0.307 e. The van der Waals surface area contributed by atoms with Gasteiger partial charge >= 0.3 is 5.84 Å². The molecule has 5 nitrogen and oxygen atoms in total. The summed E-state index contributed by atoms with van der Waals surface area (Å²) in [7, 11) is 0. The van der Waals surface area contributed by atoms with Crippen LogP contribution >= 0.6 is 0 Å². The number of benzene rings is 5. The Morgan fingerprint density at radius 1 is 0.617 bits per heavy atom. The number of para-hydroxylation sites is 3. The quantitative estimate of drug-likeness (QED) is 0.201. The van der Waals surface area contributed by atoms with Gasteiger partial charge in [0, 0.05) is 28.8 Å². The van der Waals surface area contributed by atoms with Crippen LogP contribution in [-0.2, 0) is 5.41 Å². The fourth-order valence-electron chi connectivity index (χ4n) is 7.52. The summed E-state index contributed by atoms with van der Waals surface area (Å²) in [6.07, 6.45) is 3.76. The van der Waals surface area contributed by atoms with E-state index in [1.165, 1.54) is 38.9 Å². The summed E-state index contributed by atoms with van der Waals surface area (Å²) >= 11 is 0. The minimum Gasteiger partial charge on any atom is -0.423 e. The molecule has 0 bridgehead atoms. The molecule has 222 valence electrons. The van der Waals surface area contributed by atoms with Crippen LogP contribution in [0, 0.1) is 0 Å². The molecule has 4 aromatic heterocycles. The Bertz CT molecular complexity index is 2690. The predicted molar refractivity (Wildman–Crippen MR) is 189 cm³/mol. The Hall–Kier alpha value is -6.07. The number of pyridine rings is 2. The zero-order chi connectivity index (χ0) is 31.3. The minimum absolute atomic E-state index is 0.125. The van der Waals surface area contributed by atoms with Gasteiger partial charge in [-0.3, -0.25) is 9.38 Å². The van der Waals surface area contributed by atoms with Crippen LogP contribution in [0.25, 0.3) is 83.5 Å². The molecule has 0 amide bonds. The van der Waals surface area contributed by atoms with Crippen molar-refractivity contribution < 1.29 is 4.42 Å². The lowest BCUT2D eigenvalue weighted by Gasteiger charge is -2.22. The largest absolute Gasteiger partial charge is 0.423 e. The summed E-state index contributed by atoms with van der Waals surface area (Å²) in [6.45, 7) is 4.67. The van der Waals surface area contributed by atoms with Gasteiger partial charge in [0.25, 0.3) is 0 Å². The van der Waals surface area contributed by atoms with E-state index in [1.807, 2.05) is 48.8 Å². The maximum absolute atomic E-state index is 6.18. The molecule has 0 N–H and O–H groups in total. The SMILES string of the molecule is CC1(C)c2cc(-c3ccc(-c4nc5ccccc5c5nc6oc7ccccc7n6c45)cc3)ccc2-c2ccc(-c3cccnc3)cc21.